The monoisotopic (exact) mass is 432 g/mol. The predicted octanol–water partition coefficient (Wildman–Crippen LogP) is 1.32. The molecule has 5 atom stereocenters. The number of alkyl halides is 3. The van der Waals surface area contributed by atoms with Crippen LogP contribution in [0.15, 0.2) is 0 Å². The van der Waals surface area contributed by atoms with Gasteiger partial charge in [0.05, 0.1) is 0 Å². The summed E-state index contributed by atoms with van der Waals surface area (Å²) >= 11 is -0.654. The summed E-state index contributed by atoms with van der Waals surface area (Å²) in [6.07, 6.45) is -6.27. The molecule has 0 aromatic heterocycles. The second kappa shape index (κ2) is 9.96. The molecule has 13 heteroatoms. The Hall–Kier alpha value is -2.02. The molecule has 1 heterocycles. The largest absolute Gasteiger partial charge is 0.463 e. The Kier molecular flexibility index (Phi) is 8.54. The number of thioether (sulfide) groups is 1. The van der Waals surface area contributed by atoms with E-state index in [1.165, 1.54) is 0 Å². The fourth-order valence-corrected chi connectivity index (χ4v) is 3.22. The van der Waals surface area contributed by atoms with E-state index in [1.54, 1.807) is 0 Å². The fourth-order valence-electron chi connectivity index (χ4n) is 2.42. The normalized spacial score (nSPS) is 27.5. The molecule has 1 rings (SSSR count). The van der Waals surface area contributed by atoms with Crippen LogP contribution in [0.5, 0.6) is 0 Å². The molecule has 28 heavy (non-hydrogen) atoms. The first-order valence-corrected chi connectivity index (χ1v) is 8.73. The molecule has 0 saturated carbocycles. The van der Waals surface area contributed by atoms with Crippen molar-refractivity contribution in [2.45, 2.75) is 63.1 Å². The minimum absolute atomic E-state index is 0.591. The smallest absolute Gasteiger partial charge is 0.444 e. The molecule has 0 aromatic rings. The number of carbonyl (C=O) groups is 4. The maximum absolute atomic E-state index is 13.0. The lowest BCUT2D eigenvalue weighted by Gasteiger charge is -2.44. The van der Waals surface area contributed by atoms with E-state index in [1.807, 2.05) is 0 Å². The van der Waals surface area contributed by atoms with Crippen LogP contribution in [-0.2, 0) is 42.9 Å². The number of rotatable bonds is 6. The third-order valence-electron chi connectivity index (χ3n) is 3.20. The Bertz CT molecular complexity index is 610. The van der Waals surface area contributed by atoms with Gasteiger partial charge in [0.2, 0.25) is 0 Å². The van der Waals surface area contributed by atoms with Gasteiger partial charge in [-0.25, -0.2) is 0 Å². The van der Waals surface area contributed by atoms with Gasteiger partial charge < -0.3 is 23.7 Å². The topological polar surface area (TPSA) is 114 Å². The van der Waals surface area contributed by atoms with Gasteiger partial charge in [0.25, 0.3) is 0 Å². The fraction of sp³-hybridized carbons (Fsp3) is 0.733. The molecule has 0 amide bonds. The summed E-state index contributed by atoms with van der Waals surface area (Å²) in [5.74, 6) is -3.54. The van der Waals surface area contributed by atoms with Crippen molar-refractivity contribution in [1.29, 1.82) is 0 Å². The van der Waals surface area contributed by atoms with E-state index in [2.05, 4.69) is 0 Å². The van der Waals surface area contributed by atoms with Crippen molar-refractivity contribution < 1.29 is 56.0 Å². The second-order valence-electron chi connectivity index (χ2n) is 5.63. The molecule has 1 aliphatic rings. The molecule has 0 N–H and O–H groups in total. The zero-order valence-corrected chi connectivity index (χ0v) is 16.1. The average molecular weight is 432 g/mol. The quantitative estimate of drug-likeness (QED) is 0.450. The van der Waals surface area contributed by atoms with E-state index in [0.29, 0.717) is 0 Å². The lowest BCUT2D eigenvalue weighted by atomic mass is 9.99. The molecule has 160 valence electrons. The molecule has 1 fully saturated rings. The van der Waals surface area contributed by atoms with E-state index >= 15 is 0 Å². The van der Waals surface area contributed by atoms with Gasteiger partial charge >= 0.3 is 29.4 Å². The molecule has 9 nitrogen and oxygen atoms in total. The molecule has 0 aromatic carbocycles. The van der Waals surface area contributed by atoms with Crippen molar-refractivity contribution >= 4 is 35.6 Å². The highest BCUT2D eigenvalue weighted by atomic mass is 32.2. The highest BCUT2D eigenvalue weighted by Crippen LogP contribution is 2.42. The Morgan fingerprint density at radius 2 is 1.29 bits per heavy atom. The number of hydrogen-bond donors (Lipinski definition) is 0. The van der Waals surface area contributed by atoms with Crippen LogP contribution in [-0.4, -0.2) is 65.8 Å². The molecule has 0 radical (unpaired) electrons. The zero-order chi connectivity index (χ0) is 21.6. The maximum atomic E-state index is 13.0. The van der Waals surface area contributed by atoms with Gasteiger partial charge in [0, 0.05) is 27.7 Å². The van der Waals surface area contributed by atoms with E-state index < -0.39 is 77.6 Å². The van der Waals surface area contributed by atoms with E-state index in [4.69, 9.17) is 23.7 Å². The maximum Gasteiger partial charge on any atom is 0.444 e. The minimum atomic E-state index is -4.80. The van der Waals surface area contributed by atoms with Crippen LogP contribution >= 0.6 is 11.8 Å². The average Bonchev–Trinajstić information content (AvgIpc) is 2.48. The summed E-state index contributed by atoms with van der Waals surface area (Å²) in [4.78, 5) is 45.4. The summed E-state index contributed by atoms with van der Waals surface area (Å²) < 4.78 is 63.8. The number of hydrogen-bond acceptors (Lipinski definition) is 10. The lowest BCUT2D eigenvalue weighted by molar-refractivity contribution is -0.238. The van der Waals surface area contributed by atoms with Crippen molar-refractivity contribution in [1.82, 2.24) is 0 Å². The molecular weight excluding hydrogens is 413 g/mol. The van der Waals surface area contributed by atoms with Crippen LogP contribution in [0.3, 0.4) is 0 Å². The molecular formula is C15H19F3O9S. The SMILES string of the molecule is CC(=O)OC[C@H]1O[C@@H](SC(F)(F)F)[C@H](OC(C)=O)[C@@H](OC(C)=O)[C@@H]1OC(C)=O. The zero-order valence-electron chi connectivity index (χ0n) is 15.3. The van der Waals surface area contributed by atoms with Crippen LogP contribution in [0.4, 0.5) is 13.2 Å². The first kappa shape index (κ1) is 24.0. The van der Waals surface area contributed by atoms with Gasteiger partial charge in [-0.15, -0.1) is 0 Å². The van der Waals surface area contributed by atoms with Crippen molar-refractivity contribution in [2.24, 2.45) is 0 Å². The van der Waals surface area contributed by atoms with E-state index in [0.717, 1.165) is 27.7 Å². The van der Waals surface area contributed by atoms with E-state index in [-0.39, 0.29) is 0 Å². The Labute approximate surface area is 162 Å². The van der Waals surface area contributed by atoms with Gasteiger partial charge in [-0.1, -0.05) is 0 Å². The number of ether oxygens (including phenoxy) is 5. The van der Waals surface area contributed by atoms with Crippen molar-refractivity contribution in [3.05, 3.63) is 0 Å². The molecule has 0 unspecified atom stereocenters. The molecule has 0 aliphatic carbocycles. The first-order valence-electron chi connectivity index (χ1n) is 7.85. The van der Waals surface area contributed by atoms with Gasteiger partial charge in [0.1, 0.15) is 12.7 Å². The Morgan fingerprint density at radius 3 is 1.71 bits per heavy atom. The summed E-state index contributed by atoms with van der Waals surface area (Å²) in [6.45, 7) is 3.37. The van der Waals surface area contributed by atoms with Crippen LogP contribution in [0.25, 0.3) is 0 Å². The molecule has 0 spiro atoms. The van der Waals surface area contributed by atoms with Crippen LogP contribution in [0.1, 0.15) is 27.7 Å². The number of carbonyl (C=O) groups excluding carboxylic acids is 4. The second-order valence-corrected chi connectivity index (χ2v) is 6.79. The summed E-state index contributed by atoms with van der Waals surface area (Å²) in [6, 6.07) is 0. The van der Waals surface area contributed by atoms with Crippen LogP contribution < -0.4 is 0 Å². The predicted molar refractivity (Wildman–Crippen MR) is 85.6 cm³/mol. The van der Waals surface area contributed by atoms with Gasteiger partial charge in [0.15, 0.2) is 23.7 Å². The van der Waals surface area contributed by atoms with Crippen LogP contribution in [0, 0.1) is 0 Å². The highest BCUT2D eigenvalue weighted by molar-refractivity contribution is 8.00. The van der Waals surface area contributed by atoms with Crippen molar-refractivity contribution in [2.75, 3.05) is 6.61 Å². The molecule has 0 bridgehead atoms. The molecule has 1 aliphatic heterocycles. The highest BCUT2D eigenvalue weighted by Gasteiger charge is 2.55. The van der Waals surface area contributed by atoms with Gasteiger partial charge in [-0.2, -0.15) is 13.2 Å². The van der Waals surface area contributed by atoms with Crippen LogP contribution in [0.2, 0.25) is 0 Å². The third kappa shape index (κ3) is 7.92. The minimum Gasteiger partial charge on any atom is -0.463 e. The first-order chi connectivity index (χ1) is 12.8. The van der Waals surface area contributed by atoms with Gasteiger partial charge in [-0.3, -0.25) is 19.2 Å². The lowest BCUT2D eigenvalue weighted by Crippen LogP contribution is -2.61. The van der Waals surface area contributed by atoms with Gasteiger partial charge in [-0.05, 0) is 11.8 Å². The Balaban J connectivity index is 3.33. The molecule has 1 saturated heterocycles. The number of esters is 4. The van der Waals surface area contributed by atoms with Crippen molar-refractivity contribution in [3.8, 4) is 0 Å². The summed E-state index contributed by atoms with van der Waals surface area (Å²) in [7, 11) is 0. The Morgan fingerprint density at radius 1 is 0.821 bits per heavy atom. The third-order valence-corrected chi connectivity index (χ3v) is 4.08. The standard InChI is InChI=1S/C15H19F3O9S/c1-6(19)23-5-10-11(24-7(2)20)12(25-8(3)21)13(26-9(4)22)14(27-10)28-15(16,17)18/h10-14H,5H2,1-4H3/t10-,11-,12+,13-,14+/m1/s1. The van der Waals surface area contributed by atoms with E-state index in [9.17, 15) is 32.3 Å². The van der Waals surface area contributed by atoms with Crippen molar-refractivity contribution in [3.63, 3.8) is 0 Å². The summed E-state index contributed by atoms with van der Waals surface area (Å²) in [5.41, 5.74) is -6.68. The number of halogens is 3. The summed E-state index contributed by atoms with van der Waals surface area (Å²) in [5, 5.41) is 0.